The molecule has 0 atom stereocenters. The molecule has 0 unspecified atom stereocenters. The van der Waals surface area contributed by atoms with Crippen molar-refractivity contribution in [2.45, 2.75) is 20.3 Å². The molecule has 0 spiro atoms. The Kier molecular flexibility index (Phi) is 8.14. The van der Waals surface area contributed by atoms with Crippen LogP contribution in [0, 0.1) is 6.92 Å². The molecule has 1 aliphatic rings. The maximum Gasteiger partial charge on any atom is 0.338 e. The number of amides is 3. The number of imide groups is 1. The van der Waals surface area contributed by atoms with E-state index < -0.39 is 23.7 Å². The molecule has 3 amide bonds. The first-order valence-electron chi connectivity index (χ1n) is 11.7. The largest absolute Gasteiger partial charge is 0.462 e. The van der Waals surface area contributed by atoms with Crippen molar-refractivity contribution >= 4 is 64.0 Å². The Bertz CT molecular complexity index is 1470. The highest BCUT2D eigenvalue weighted by molar-refractivity contribution is 6.53. The smallest absolute Gasteiger partial charge is 0.338 e. The third-order valence-corrected chi connectivity index (χ3v) is 6.23. The molecular formula is C28H23Cl2N3O5. The van der Waals surface area contributed by atoms with Gasteiger partial charge in [0.05, 0.1) is 17.9 Å². The number of benzene rings is 3. The summed E-state index contributed by atoms with van der Waals surface area (Å²) < 4.78 is 5.13. The highest BCUT2D eigenvalue weighted by atomic mass is 35.5. The lowest BCUT2D eigenvalue weighted by Gasteiger charge is -2.17. The SMILES string of the molecule is CCCOC(=O)c1cccc(NC(=O)c2ccc(NC3=C(Cl)C(=O)N(c4cc(Cl)ccc4C)C3=O)cc2)c1. The zero-order valence-electron chi connectivity index (χ0n) is 20.5. The van der Waals surface area contributed by atoms with Crippen LogP contribution in [-0.2, 0) is 14.3 Å². The highest BCUT2D eigenvalue weighted by Gasteiger charge is 2.39. The fraction of sp³-hybridized carbons (Fsp3) is 0.143. The summed E-state index contributed by atoms with van der Waals surface area (Å²) in [6.45, 7) is 3.97. The van der Waals surface area contributed by atoms with E-state index in [-0.39, 0.29) is 10.7 Å². The first kappa shape index (κ1) is 26.9. The van der Waals surface area contributed by atoms with Crippen LogP contribution < -0.4 is 15.5 Å². The van der Waals surface area contributed by atoms with Crippen molar-refractivity contribution in [2.24, 2.45) is 0 Å². The number of aryl methyl sites for hydroxylation is 1. The van der Waals surface area contributed by atoms with Crippen LogP contribution in [0.2, 0.25) is 5.02 Å². The van der Waals surface area contributed by atoms with Crippen molar-refractivity contribution in [3.8, 4) is 0 Å². The Hall–Kier alpha value is -4.14. The minimum absolute atomic E-state index is 0.0833. The van der Waals surface area contributed by atoms with Crippen molar-refractivity contribution in [2.75, 3.05) is 22.1 Å². The highest BCUT2D eigenvalue weighted by Crippen LogP contribution is 2.33. The van der Waals surface area contributed by atoms with E-state index in [1.807, 2.05) is 6.92 Å². The van der Waals surface area contributed by atoms with Crippen molar-refractivity contribution in [3.05, 3.63) is 99.2 Å². The predicted octanol–water partition coefficient (Wildman–Crippen LogP) is 5.90. The van der Waals surface area contributed by atoms with Crippen LogP contribution in [-0.4, -0.2) is 30.3 Å². The van der Waals surface area contributed by atoms with Gasteiger partial charge >= 0.3 is 5.97 Å². The molecule has 10 heteroatoms. The van der Waals surface area contributed by atoms with Crippen LogP contribution >= 0.6 is 23.2 Å². The Morgan fingerprint density at radius 3 is 2.34 bits per heavy atom. The third-order valence-electron chi connectivity index (χ3n) is 5.65. The molecule has 1 aliphatic heterocycles. The van der Waals surface area contributed by atoms with E-state index >= 15 is 0 Å². The molecule has 0 aliphatic carbocycles. The standard InChI is InChI=1S/C28H23Cl2N3O5/c1-3-13-38-28(37)18-5-4-6-21(14-18)32-25(34)17-8-11-20(12-9-17)31-24-23(30)26(35)33(27(24)36)22-15-19(29)10-7-16(22)2/h4-12,14-15,31H,3,13H2,1-2H3,(H,32,34). The zero-order chi connectivity index (χ0) is 27.4. The number of carbonyl (C=O) groups excluding carboxylic acids is 4. The van der Waals surface area contributed by atoms with Gasteiger partial charge in [-0.1, -0.05) is 42.3 Å². The van der Waals surface area contributed by atoms with Gasteiger partial charge in [-0.2, -0.15) is 0 Å². The summed E-state index contributed by atoms with van der Waals surface area (Å²) in [5.41, 5.74) is 2.49. The van der Waals surface area contributed by atoms with E-state index in [1.54, 1.807) is 61.5 Å². The van der Waals surface area contributed by atoms with Crippen LogP contribution in [0.1, 0.15) is 39.6 Å². The predicted molar refractivity (Wildman–Crippen MR) is 147 cm³/mol. The number of ether oxygens (including phenoxy) is 1. The van der Waals surface area contributed by atoms with E-state index in [1.165, 1.54) is 12.1 Å². The van der Waals surface area contributed by atoms with Crippen molar-refractivity contribution in [1.82, 2.24) is 0 Å². The van der Waals surface area contributed by atoms with E-state index in [9.17, 15) is 19.2 Å². The molecule has 1 heterocycles. The van der Waals surface area contributed by atoms with Gasteiger partial charge in [0.2, 0.25) is 0 Å². The van der Waals surface area contributed by atoms with Gasteiger partial charge in [-0.25, -0.2) is 9.69 Å². The average molecular weight is 552 g/mol. The summed E-state index contributed by atoms with van der Waals surface area (Å²) >= 11 is 12.3. The number of carbonyl (C=O) groups is 4. The molecule has 194 valence electrons. The van der Waals surface area contributed by atoms with E-state index in [0.717, 1.165) is 4.90 Å². The summed E-state index contributed by atoms with van der Waals surface area (Å²) in [5, 5.41) is 5.74. The number of hydrogen-bond acceptors (Lipinski definition) is 6. The molecule has 4 rings (SSSR count). The van der Waals surface area contributed by atoms with Gasteiger partial charge in [0.25, 0.3) is 17.7 Å². The van der Waals surface area contributed by atoms with Crippen LogP contribution in [0.25, 0.3) is 0 Å². The Balaban J connectivity index is 1.45. The second-order valence-electron chi connectivity index (χ2n) is 8.44. The van der Waals surface area contributed by atoms with Crippen molar-refractivity contribution < 1.29 is 23.9 Å². The van der Waals surface area contributed by atoms with Crippen molar-refractivity contribution in [3.63, 3.8) is 0 Å². The Morgan fingerprint density at radius 1 is 0.895 bits per heavy atom. The van der Waals surface area contributed by atoms with Crippen molar-refractivity contribution in [1.29, 1.82) is 0 Å². The monoisotopic (exact) mass is 551 g/mol. The van der Waals surface area contributed by atoms with Gasteiger partial charge in [0.15, 0.2) is 0 Å². The molecule has 0 saturated heterocycles. The van der Waals surface area contributed by atoms with Gasteiger partial charge in [0, 0.05) is 22.0 Å². The molecule has 0 radical (unpaired) electrons. The Morgan fingerprint density at radius 2 is 1.63 bits per heavy atom. The van der Waals surface area contributed by atoms with E-state index in [0.29, 0.717) is 51.8 Å². The van der Waals surface area contributed by atoms with Crippen LogP contribution in [0.5, 0.6) is 0 Å². The second kappa shape index (κ2) is 11.5. The minimum atomic E-state index is -0.665. The number of nitrogens with one attached hydrogen (secondary N) is 2. The molecule has 0 saturated carbocycles. The van der Waals surface area contributed by atoms with Crippen LogP contribution in [0.15, 0.2) is 77.5 Å². The maximum absolute atomic E-state index is 13.1. The lowest BCUT2D eigenvalue weighted by molar-refractivity contribution is -0.120. The topological polar surface area (TPSA) is 105 Å². The number of anilines is 3. The zero-order valence-corrected chi connectivity index (χ0v) is 22.0. The van der Waals surface area contributed by atoms with Gasteiger partial charge in [-0.15, -0.1) is 0 Å². The number of nitrogens with zero attached hydrogens (tertiary/aromatic N) is 1. The fourth-order valence-electron chi connectivity index (χ4n) is 3.71. The maximum atomic E-state index is 13.1. The summed E-state index contributed by atoms with van der Waals surface area (Å²) in [4.78, 5) is 51.6. The first-order chi connectivity index (χ1) is 18.2. The molecule has 0 aromatic heterocycles. The molecule has 3 aromatic carbocycles. The molecule has 0 fully saturated rings. The van der Waals surface area contributed by atoms with Gasteiger partial charge in [-0.3, -0.25) is 14.4 Å². The Labute approximate surface area is 229 Å². The van der Waals surface area contributed by atoms with Crippen LogP contribution in [0.4, 0.5) is 17.1 Å². The summed E-state index contributed by atoms with van der Waals surface area (Å²) in [6.07, 6.45) is 0.709. The van der Waals surface area contributed by atoms with Crippen LogP contribution in [0.3, 0.4) is 0 Å². The molecule has 3 aromatic rings. The molecule has 0 bridgehead atoms. The summed E-state index contributed by atoms with van der Waals surface area (Å²) in [5.74, 6) is -2.15. The molecule has 2 N–H and O–H groups in total. The molecular weight excluding hydrogens is 529 g/mol. The molecule has 8 nitrogen and oxygen atoms in total. The number of esters is 1. The summed E-state index contributed by atoms with van der Waals surface area (Å²) in [6, 6.07) is 17.6. The third kappa shape index (κ3) is 5.72. The quantitative estimate of drug-likeness (QED) is 0.266. The number of halogens is 2. The normalized spacial score (nSPS) is 13.1. The van der Waals surface area contributed by atoms with E-state index in [2.05, 4.69) is 10.6 Å². The van der Waals surface area contributed by atoms with E-state index in [4.69, 9.17) is 27.9 Å². The van der Waals surface area contributed by atoms with Gasteiger partial charge in [-0.05, 0) is 73.5 Å². The summed E-state index contributed by atoms with van der Waals surface area (Å²) in [7, 11) is 0. The van der Waals surface area contributed by atoms with Gasteiger partial charge in [0.1, 0.15) is 10.7 Å². The minimum Gasteiger partial charge on any atom is -0.462 e. The number of hydrogen-bond donors (Lipinski definition) is 2. The van der Waals surface area contributed by atoms with Gasteiger partial charge < -0.3 is 15.4 Å². The fourth-order valence-corrected chi connectivity index (χ4v) is 4.09. The number of rotatable bonds is 8. The first-order valence-corrected chi connectivity index (χ1v) is 12.5. The lowest BCUT2D eigenvalue weighted by atomic mass is 10.1. The lowest BCUT2D eigenvalue weighted by Crippen LogP contribution is -2.32. The molecule has 38 heavy (non-hydrogen) atoms. The average Bonchev–Trinajstić information content (AvgIpc) is 3.12. The second-order valence-corrected chi connectivity index (χ2v) is 9.25.